The van der Waals surface area contributed by atoms with Gasteiger partial charge in [-0.05, 0) is 43.7 Å². The van der Waals surface area contributed by atoms with Crippen LogP contribution in [0.2, 0.25) is 0 Å². The summed E-state index contributed by atoms with van der Waals surface area (Å²) < 4.78 is 0. The van der Waals surface area contributed by atoms with Crippen LogP contribution in [0.1, 0.15) is 42.3 Å². The van der Waals surface area contributed by atoms with Crippen LogP contribution in [0.5, 0.6) is 0 Å². The normalized spacial score (nSPS) is 17.9. The van der Waals surface area contributed by atoms with Crippen molar-refractivity contribution in [2.24, 2.45) is 5.73 Å². The highest BCUT2D eigenvalue weighted by Crippen LogP contribution is 2.24. The van der Waals surface area contributed by atoms with Crippen molar-refractivity contribution in [1.29, 1.82) is 0 Å². The summed E-state index contributed by atoms with van der Waals surface area (Å²) in [5.41, 5.74) is 9.81. The van der Waals surface area contributed by atoms with E-state index in [1.165, 1.54) is 30.5 Å². The Hall–Kier alpha value is -0.800. The van der Waals surface area contributed by atoms with E-state index in [0.717, 1.165) is 12.1 Å². The van der Waals surface area contributed by atoms with Crippen LogP contribution in [-0.4, -0.2) is 16.7 Å². The van der Waals surface area contributed by atoms with E-state index in [9.17, 15) is 0 Å². The number of hydrogen-bond donors (Lipinski definition) is 3. The van der Waals surface area contributed by atoms with E-state index in [1.54, 1.807) is 0 Å². The molecule has 0 saturated carbocycles. The van der Waals surface area contributed by atoms with Crippen LogP contribution in [0.4, 0.5) is 0 Å². The summed E-state index contributed by atoms with van der Waals surface area (Å²) in [6.45, 7) is 0.158. The highest BCUT2D eigenvalue weighted by molar-refractivity contribution is 5.29. The third-order valence-corrected chi connectivity index (χ3v) is 2.98. The maximum absolute atomic E-state index is 8.81. The van der Waals surface area contributed by atoms with Gasteiger partial charge >= 0.3 is 0 Å². The zero-order chi connectivity index (χ0) is 9.97. The van der Waals surface area contributed by atoms with Gasteiger partial charge in [0.15, 0.2) is 0 Å². The summed E-state index contributed by atoms with van der Waals surface area (Å²) in [6, 6.07) is 2.14. The summed E-state index contributed by atoms with van der Waals surface area (Å²) in [4.78, 5) is 3.38. The van der Waals surface area contributed by atoms with Crippen molar-refractivity contribution in [3.63, 3.8) is 0 Å². The monoisotopic (exact) mass is 194 g/mol. The average molecular weight is 194 g/mol. The fourth-order valence-electron chi connectivity index (χ4n) is 2.12. The molecular weight excluding hydrogens is 176 g/mol. The van der Waals surface area contributed by atoms with Gasteiger partial charge in [0.05, 0.1) is 0 Å². The molecule has 1 aliphatic carbocycles. The van der Waals surface area contributed by atoms with Gasteiger partial charge in [0, 0.05) is 24.0 Å². The number of H-pyrrole nitrogens is 1. The Morgan fingerprint density at radius 1 is 1.43 bits per heavy atom. The van der Waals surface area contributed by atoms with E-state index in [4.69, 9.17) is 10.8 Å². The summed E-state index contributed by atoms with van der Waals surface area (Å²) in [5.74, 6) is 0. The first-order valence-corrected chi connectivity index (χ1v) is 5.38. The molecule has 0 aliphatic heterocycles. The van der Waals surface area contributed by atoms with E-state index in [2.05, 4.69) is 11.1 Å². The minimum atomic E-state index is -0.0365. The number of nitrogens with one attached hydrogen (secondary N) is 1. The predicted octanol–water partition coefficient (Wildman–Crippen LogP) is 1.28. The minimum Gasteiger partial charge on any atom is -0.396 e. The number of aliphatic hydroxyl groups is 1. The smallest absolute Gasteiger partial charge is 0.0469 e. The largest absolute Gasteiger partial charge is 0.396 e. The first-order valence-electron chi connectivity index (χ1n) is 5.38. The number of fused-ring (bicyclic) bond motifs is 1. The molecule has 14 heavy (non-hydrogen) atoms. The van der Waals surface area contributed by atoms with Gasteiger partial charge in [0.1, 0.15) is 0 Å². The van der Waals surface area contributed by atoms with Crippen LogP contribution in [0.15, 0.2) is 6.07 Å². The van der Waals surface area contributed by atoms with E-state index < -0.39 is 0 Å². The van der Waals surface area contributed by atoms with Gasteiger partial charge in [-0.15, -0.1) is 0 Å². The standard InChI is InChI=1S/C11H18N2O/c12-9(5-6-14)11-7-8-3-1-2-4-10(8)13-11/h7,9,13-14H,1-6,12H2/t9-/m0/s1. The first-order chi connectivity index (χ1) is 6.81. The third kappa shape index (κ3) is 1.83. The van der Waals surface area contributed by atoms with Gasteiger partial charge < -0.3 is 15.8 Å². The zero-order valence-electron chi connectivity index (χ0n) is 8.42. The Morgan fingerprint density at radius 3 is 2.93 bits per heavy atom. The summed E-state index contributed by atoms with van der Waals surface area (Å²) in [5, 5.41) is 8.81. The molecule has 3 nitrogen and oxygen atoms in total. The Labute approximate surface area is 84.3 Å². The molecule has 0 unspecified atom stereocenters. The maximum Gasteiger partial charge on any atom is 0.0469 e. The fourth-order valence-corrected chi connectivity index (χ4v) is 2.12. The molecule has 2 rings (SSSR count). The fraction of sp³-hybridized carbons (Fsp3) is 0.636. The molecule has 1 aliphatic rings. The van der Waals surface area contributed by atoms with E-state index >= 15 is 0 Å². The lowest BCUT2D eigenvalue weighted by molar-refractivity contribution is 0.275. The highest BCUT2D eigenvalue weighted by atomic mass is 16.3. The van der Waals surface area contributed by atoms with Crippen molar-refractivity contribution in [2.45, 2.75) is 38.1 Å². The molecule has 1 heterocycles. The summed E-state index contributed by atoms with van der Waals surface area (Å²) in [6.07, 6.45) is 5.54. The SMILES string of the molecule is N[C@@H](CCO)c1cc2c([nH]1)CCCC2. The summed E-state index contributed by atoms with van der Waals surface area (Å²) in [7, 11) is 0. The van der Waals surface area contributed by atoms with E-state index in [1.807, 2.05) is 0 Å². The topological polar surface area (TPSA) is 62.0 Å². The van der Waals surface area contributed by atoms with Crippen LogP contribution in [0.25, 0.3) is 0 Å². The molecule has 0 fully saturated rings. The molecule has 4 N–H and O–H groups in total. The van der Waals surface area contributed by atoms with Crippen molar-refractivity contribution < 1.29 is 5.11 Å². The molecule has 0 radical (unpaired) electrons. The van der Waals surface area contributed by atoms with Gasteiger partial charge in [0.25, 0.3) is 0 Å². The molecule has 0 amide bonds. The highest BCUT2D eigenvalue weighted by Gasteiger charge is 2.15. The zero-order valence-corrected chi connectivity index (χ0v) is 8.42. The molecule has 0 aromatic carbocycles. The summed E-state index contributed by atoms with van der Waals surface area (Å²) >= 11 is 0. The Bertz CT molecular complexity index is 283. The predicted molar refractivity (Wildman–Crippen MR) is 56.1 cm³/mol. The molecule has 0 spiro atoms. The minimum absolute atomic E-state index is 0.0365. The van der Waals surface area contributed by atoms with Gasteiger partial charge in [-0.2, -0.15) is 0 Å². The average Bonchev–Trinajstić information content (AvgIpc) is 2.61. The number of aromatic amines is 1. The Balaban J connectivity index is 2.15. The molecular formula is C11H18N2O. The van der Waals surface area contributed by atoms with Crippen molar-refractivity contribution in [3.05, 3.63) is 23.0 Å². The first kappa shape index (κ1) is 9.74. The van der Waals surface area contributed by atoms with Gasteiger partial charge in [-0.3, -0.25) is 0 Å². The third-order valence-electron chi connectivity index (χ3n) is 2.98. The van der Waals surface area contributed by atoms with Crippen molar-refractivity contribution in [3.8, 4) is 0 Å². The quantitative estimate of drug-likeness (QED) is 0.678. The lowest BCUT2D eigenvalue weighted by atomic mass is 9.98. The van der Waals surface area contributed by atoms with Crippen LogP contribution < -0.4 is 5.73 Å². The van der Waals surface area contributed by atoms with Gasteiger partial charge in [-0.1, -0.05) is 0 Å². The van der Waals surface area contributed by atoms with E-state index in [-0.39, 0.29) is 12.6 Å². The number of hydrogen-bond acceptors (Lipinski definition) is 2. The van der Waals surface area contributed by atoms with Gasteiger partial charge in [-0.25, -0.2) is 0 Å². The molecule has 1 aromatic heterocycles. The number of nitrogens with two attached hydrogens (primary N) is 1. The molecule has 0 saturated heterocycles. The molecule has 1 aromatic rings. The second kappa shape index (κ2) is 4.15. The molecule has 3 heteroatoms. The van der Waals surface area contributed by atoms with Crippen LogP contribution >= 0.6 is 0 Å². The number of aromatic nitrogens is 1. The molecule has 0 bridgehead atoms. The van der Waals surface area contributed by atoms with Crippen LogP contribution in [-0.2, 0) is 12.8 Å². The number of rotatable bonds is 3. The van der Waals surface area contributed by atoms with Gasteiger partial charge in [0.2, 0.25) is 0 Å². The lowest BCUT2D eigenvalue weighted by Gasteiger charge is -2.09. The molecule has 78 valence electrons. The molecule has 1 atom stereocenters. The lowest BCUT2D eigenvalue weighted by Crippen LogP contribution is -2.12. The second-order valence-corrected chi connectivity index (χ2v) is 4.05. The Morgan fingerprint density at radius 2 is 2.21 bits per heavy atom. The van der Waals surface area contributed by atoms with E-state index in [0.29, 0.717) is 6.42 Å². The van der Waals surface area contributed by atoms with Crippen molar-refractivity contribution in [1.82, 2.24) is 4.98 Å². The Kier molecular flexibility index (Phi) is 2.89. The van der Waals surface area contributed by atoms with Crippen molar-refractivity contribution in [2.75, 3.05) is 6.61 Å². The number of aryl methyl sites for hydroxylation is 2. The number of aliphatic hydroxyl groups excluding tert-OH is 1. The maximum atomic E-state index is 8.81. The van der Waals surface area contributed by atoms with Crippen LogP contribution in [0, 0.1) is 0 Å². The van der Waals surface area contributed by atoms with Crippen LogP contribution in [0.3, 0.4) is 0 Å². The van der Waals surface area contributed by atoms with Crippen molar-refractivity contribution >= 4 is 0 Å². The second-order valence-electron chi connectivity index (χ2n) is 4.05.